The normalized spacial score (nSPS) is 23.8. The lowest BCUT2D eigenvalue weighted by Crippen LogP contribution is -2.39. The summed E-state index contributed by atoms with van der Waals surface area (Å²) in [5.74, 6) is 0.0842. The fraction of sp³-hybridized carbons (Fsp3) is 0.833. The summed E-state index contributed by atoms with van der Waals surface area (Å²) in [5, 5.41) is 8.85. The lowest BCUT2D eigenvalue weighted by Gasteiger charge is -2.15. The van der Waals surface area contributed by atoms with Gasteiger partial charge in [0.2, 0.25) is 11.8 Å². The van der Waals surface area contributed by atoms with Crippen LogP contribution in [0, 0.1) is 5.92 Å². The first-order chi connectivity index (χ1) is 8.00. The molecule has 0 radical (unpaired) electrons. The van der Waals surface area contributed by atoms with Gasteiger partial charge in [-0.1, -0.05) is 0 Å². The summed E-state index contributed by atoms with van der Waals surface area (Å²) in [4.78, 5) is 23.1. The Hall–Kier alpha value is -1.10. The van der Waals surface area contributed by atoms with Gasteiger partial charge in [0.1, 0.15) is 0 Å². The second-order valence-corrected chi connectivity index (χ2v) is 4.90. The average Bonchev–Trinajstić information content (AvgIpc) is 2.63. The van der Waals surface area contributed by atoms with Crippen LogP contribution in [0.1, 0.15) is 33.6 Å². The van der Waals surface area contributed by atoms with Gasteiger partial charge in [-0.05, 0) is 33.7 Å². The Labute approximate surface area is 103 Å². The Balaban J connectivity index is 2.18. The van der Waals surface area contributed by atoms with Crippen molar-refractivity contribution in [1.82, 2.24) is 16.0 Å². The predicted molar refractivity (Wildman–Crippen MR) is 66.5 cm³/mol. The van der Waals surface area contributed by atoms with E-state index in [4.69, 9.17) is 0 Å². The van der Waals surface area contributed by atoms with Crippen molar-refractivity contribution < 1.29 is 9.59 Å². The van der Waals surface area contributed by atoms with Crippen molar-refractivity contribution in [3.8, 4) is 0 Å². The molecule has 1 aliphatic heterocycles. The molecule has 0 aromatic rings. The molecule has 0 bridgehead atoms. The molecule has 2 unspecified atom stereocenters. The molecule has 1 aliphatic rings. The van der Waals surface area contributed by atoms with Crippen molar-refractivity contribution in [3.05, 3.63) is 0 Å². The number of nitrogens with one attached hydrogen (secondary N) is 3. The summed E-state index contributed by atoms with van der Waals surface area (Å²) in [6, 6.07) is 0.386. The molecule has 17 heavy (non-hydrogen) atoms. The molecular formula is C12H23N3O2. The van der Waals surface area contributed by atoms with Crippen molar-refractivity contribution in [3.63, 3.8) is 0 Å². The van der Waals surface area contributed by atoms with E-state index in [0.717, 1.165) is 13.0 Å². The van der Waals surface area contributed by atoms with Gasteiger partial charge in [0, 0.05) is 25.0 Å². The fourth-order valence-corrected chi connectivity index (χ4v) is 2.04. The minimum absolute atomic E-state index is 0.0158. The van der Waals surface area contributed by atoms with Crippen molar-refractivity contribution in [2.45, 2.75) is 45.7 Å². The van der Waals surface area contributed by atoms with Gasteiger partial charge < -0.3 is 16.0 Å². The highest BCUT2D eigenvalue weighted by molar-refractivity contribution is 5.81. The topological polar surface area (TPSA) is 70.2 Å². The maximum Gasteiger partial charge on any atom is 0.224 e. The molecule has 2 amide bonds. The number of carbonyl (C=O) groups excluding carboxylic acids is 2. The monoisotopic (exact) mass is 241 g/mol. The van der Waals surface area contributed by atoms with Gasteiger partial charge in [-0.2, -0.15) is 0 Å². The van der Waals surface area contributed by atoms with Crippen LogP contribution in [0.15, 0.2) is 0 Å². The van der Waals surface area contributed by atoms with Crippen LogP contribution in [-0.2, 0) is 9.59 Å². The maximum absolute atomic E-state index is 11.8. The van der Waals surface area contributed by atoms with Gasteiger partial charge in [-0.25, -0.2) is 0 Å². The highest BCUT2D eigenvalue weighted by atomic mass is 16.2. The van der Waals surface area contributed by atoms with Crippen LogP contribution in [0.25, 0.3) is 0 Å². The lowest BCUT2D eigenvalue weighted by molar-refractivity contribution is -0.125. The van der Waals surface area contributed by atoms with Crippen LogP contribution >= 0.6 is 0 Å². The van der Waals surface area contributed by atoms with Gasteiger partial charge in [0.25, 0.3) is 0 Å². The smallest absolute Gasteiger partial charge is 0.224 e. The summed E-state index contributed by atoms with van der Waals surface area (Å²) >= 11 is 0. The van der Waals surface area contributed by atoms with E-state index in [1.165, 1.54) is 0 Å². The molecule has 5 nitrogen and oxygen atoms in total. The Bertz CT molecular complexity index is 279. The van der Waals surface area contributed by atoms with Crippen molar-refractivity contribution in [2.24, 2.45) is 5.92 Å². The summed E-state index contributed by atoms with van der Waals surface area (Å²) in [6.07, 6.45) is 1.23. The number of rotatable bonds is 5. The molecule has 3 N–H and O–H groups in total. The molecule has 0 aliphatic carbocycles. The molecule has 0 spiro atoms. The van der Waals surface area contributed by atoms with E-state index < -0.39 is 0 Å². The second kappa shape index (κ2) is 6.59. The first-order valence-electron chi connectivity index (χ1n) is 6.31. The highest BCUT2D eigenvalue weighted by Gasteiger charge is 2.28. The zero-order valence-electron chi connectivity index (χ0n) is 10.9. The zero-order valence-corrected chi connectivity index (χ0v) is 10.9. The number of hydrogen-bond donors (Lipinski definition) is 3. The summed E-state index contributed by atoms with van der Waals surface area (Å²) in [7, 11) is 0. The van der Waals surface area contributed by atoms with Crippen molar-refractivity contribution >= 4 is 11.8 Å². The molecule has 0 saturated carbocycles. The van der Waals surface area contributed by atoms with Crippen molar-refractivity contribution in [2.75, 3.05) is 13.1 Å². The maximum atomic E-state index is 11.8. The van der Waals surface area contributed by atoms with E-state index in [1.807, 2.05) is 20.8 Å². The van der Waals surface area contributed by atoms with Crippen molar-refractivity contribution in [1.29, 1.82) is 0 Å². The first-order valence-corrected chi connectivity index (χ1v) is 6.31. The molecule has 1 rings (SSSR count). The van der Waals surface area contributed by atoms with E-state index in [9.17, 15) is 9.59 Å². The lowest BCUT2D eigenvalue weighted by atomic mass is 10.0. The molecule has 2 atom stereocenters. The predicted octanol–water partition coefficient (Wildman–Crippen LogP) is 0.0153. The summed E-state index contributed by atoms with van der Waals surface area (Å²) in [6.45, 7) is 7.17. The highest BCUT2D eigenvalue weighted by Crippen LogP contribution is 2.14. The number of hydrogen-bond acceptors (Lipinski definition) is 3. The van der Waals surface area contributed by atoms with Gasteiger partial charge in [0.15, 0.2) is 0 Å². The van der Waals surface area contributed by atoms with Crippen LogP contribution in [0.3, 0.4) is 0 Å². The summed E-state index contributed by atoms with van der Waals surface area (Å²) < 4.78 is 0. The Morgan fingerprint density at radius 1 is 1.41 bits per heavy atom. The largest absolute Gasteiger partial charge is 0.355 e. The van der Waals surface area contributed by atoms with E-state index in [1.54, 1.807) is 0 Å². The van der Waals surface area contributed by atoms with Gasteiger partial charge in [-0.15, -0.1) is 0 Å². The Kier molecular flexibility index (Phi) is 5.41. The first kappa shape index (κ1) is 14.0. The molecule has 1 fully saturated rings. The average molecular weight is 241 g/mol. The van der Waals surface area contributed by atoms with Crippen LogP contribution < -0.4 is 16.0 Å². The van der Waals surface area contributed by atoms with E-state index in [2.05, 4.69) is 16.0 Å². The minimum atomic E-state index is -0.0158. The van der Waals surface area contributed by atoms with Crippen LogP contribution in [0.2, 0.25) is 0 Å². The standard InChI is InChI=1S/C12H23N3O2/c1-8(2)15-11(16)5-7-14-12(17)10-4-6-13-9(10)3/h8-10,13H,4-7H2,1-3H3,(H,14,17)(H,15,16). The third kappa shape index (κ3) is 4.73. The fourth-order valence-electron chi connectivity index (χ4n) is 2.04. The van der Waals surface area contributed by atoms with E-state index in [-0.39, 0.29) is 29.8 Å². The van der Waals surface area contributed by atoms with Crippen LogP contribution in [-0.4, -0.2) is 37.0 Å². The third-order valence-corrected chi connectivity index (χ3v) is 2.96. The second-order valence-electron chi connectivity index (χ2n) is 4.90. The van der Waals surface area contributed by atoms with Gasteiger partial charge >= 0.3 is 0 Å². The quantitative estimate of drug-likeness (QED) is 0.635. The zero-order chi connectivity index (χ0) is 12.8. The molecule has 1 saturated heterocycles. The Morgan fingerprint density at radius 2 is 2.12 bits per heavy atom. The molecule has 1 heterocycles. The van der Waals surface area contributed by atoms with E-state index in [0.29, 0.717) is 13.0 Å². The third-order valence-electron chi connectivity index (χ3n) is 2.96. The van der Waals surface area contributed by atoms with E-state index >= 15 is 0 Å². The molecule has 98 valence electrons. The Morgan fingerprint density at radius 3 is 2.65 bits per heavy atom. The van der Waals surface area contributed by atoms with Gasteiger partial charge in [-0.3, -0.25) is 9.59 Å². The minimum Gasteiger partial charge on any atom is -0.355 e. The number of carbonyl (C=O) groups is 2. The summed E-state index contributed by atoms with van der Waals surface area (Å²) in [5.41, 5.74) is 0. The molecule has 5 heteroatoms. The molecule has 0 aromatic carbocycles. The number of amides is 2. The SMILES string of the molecule is CC(C)NC(=O)CCNC(=O)C1CCNC1C. The van der Waals surface area contributed by atoms with Crippen LogP contribution in [0.5, 0.6) is 0 Å². The van der Waals surface area contributed by atoms with Crippen LogP contribution in [0.4, 0.5) is 0 Å². The molecule has 0 aromatic heterocycles. The van der Waals surface area contributed by atoms with Gasteiger partial charge in [0.05, 0.1) is 5.92 Å². The molecular weight excluding hydrogens is 218 g/mol.